The van der Waals surface area contributed by atoms with Crippen molar-refractivity contribution in [2.24, 2.45) is 0 Å². The standard InChI is InChI=1S/C51H32N4O/c1-4-12-33(13-5-1)35-20-22-38(23-21-35)50-52-49(37-16-8-3-9-17-37)53-51(54-50)39-26-29-42-44-31-43-41-18-10-11-19-45(41)55(46(43)32-48(44)56-47(42)30-39)40-27-24-36(25-28-40)34-14-6-2-7-15-34/h1-32H. The lowest BCUT2D eigenvalue weighted by Crippen LogP contribution is -2.00. The lowest BCUT2D eigenvalue weighted by molar-refractivity contribution is 0.669. The molecule has 56 heavy (non-hydrogen) atoms. The number of hydrogen-bond acceptors (Lipinski definition) is 4. The highest BCUT2D eigenvalue weighted by atomic mass is 16.3. The number of nitrogens with zero attached hydrogens (tertiary/aromatic N) is 4. The minimum Gasteiger partial charge on any atom is -0.456 e. The Morgan fingerprint density at radius 3 is 1.41 bits per heavy atom. The first-order chi connectivity index (χ1) is 27.7. The predicted molar refractivity (Wildman–Crippen MR) is 229 cm³/mol. The minimum absolute atomic E-state index is 0.588. The van der Waals surface area contributed by atoms with Gasteiger partial charge in [-0.25, -0.2) is 15.0 Å². The highest BCUT2D eigenvalue weighted by molar-refractivity contribution is 6.17. The van der Waals surface area contributed by atoms with E-state index in [-0.39, 0.29) is 0 Å². The molecular weight excluding hydrogens is 685 g/mol. The van der Waals surface area contributed by atoms with E-state index in [2.05, 4.69) is 156 Å². The van der Waals surface area contributed by atoms with Crippen molar-refractivity contribution in [3.63, 3.8) is 0 Å². The van der Waals surface area contributed by atoms with Crippen LogP contribution in [0.2, 0.25) is 0 Å². The topological polar surface area (TPSA) is 56.7 Å². The fourth-order valence-corrected chi connectivity index (χ4v) is 7.88. The molecule has 0 atom stereocenters. The molecule has 3 heterocycles. The van der Waals surface area contributed by atoms with Gasteiger partial charge in [-0.05, 0) is 58.7 Å². The normalized spacial score (nSPS) is 11.6. The molecule has 5 heteroatoms. The van der Waals surface area contributed by atoms with Crippen LogP contribution in [0.1, 0.15) is 0 Å². The molecule has 11 aromatic rings. The van der Waals surface area contributed by atoms with Crippen LogP contribution < -0.4 is 0 Å². The third-order valence-corrected chi connectivity index (χ3v) is 10.7. The molecule has 0 aliphatic rings. The zero-order valence-electron chi connectivity index (χ0n) is 30.2. The van der Waals surface area contributed by atoms with Crippen LogP contribution in [-0.4, -0.2) is 19.5 Å². The molecule has 0 N–H and O–H groups in total. The SMILES string of the molecule is c1ccc(-c2ccc(-c3nc(-c4ccccc4)nc(-c4ccc5c(c4)oc4cc6c(cc45)c4ccccc4n6-c4ccc(-c5ccccc5)cc4)n3)cc2)cc1. The molecule has 5 nitrogen and oxygen atoms in total. The third-order valence-electron chi connectivity index (χ3n) is 10.7. The lowest BCUT2D eigenvalue weighted by atomic mass is 10.0. The maximum Gasteiger partial charge on any atom is 0.164 e. The predicted octanol–water partition coefficient (Wildman–Crippen LogP) is 13.2. The molecule has 0 spiro atoms. The van der Waals surface area contributed by atoms with Crippen molar-refractivity contribution in [1.29, 1.82) is 0 Å². The quantitative estimate of drug-likeness (QED) is 0.172. The summed E-state index contributed by atoms with van der Waals surface area (Å²) in [6, 6.07) is 67.5. The number of rotatable bonds is 6. The minimum atomic E-state index is 0.588. The van der Waals surface area contributed by atoms with Gasteiger partial charge in [-0.3, -0.25) is 0 Å². The van der Waals surface area contributed by atoms with E-state index in [1.165, 1.54) is 27.5 Å². The summed E-state index contributed by atoms with van der Waals surface area (Å²) in [5.41, 5.74) is 12.4. The van der Waals surface area contributed by atoms with Gasteiger partial charge in [0.1, 0.15) is 11.2 Å². The van der Waals surface area contributed by atoms with Crippen LogP contribution in [0.4, 0.5) is 0 Å². The Kier molecular flexibility index (Phi) is 7.42. The van der Waals surface area contributed by atoms with Crippen LogP contribution in [0.5, 0.6) is 0 Å². The number of hydrogen-bond donors (Lipinski definition) is 0. The molecular formula is C51H32N4O. The van der Waals surface area contributed by atoms with Gasteiger partial charge in [0.05, 0.1) is 11.0 Å². The second-order valence-electron chi connectivity index (χ2n) is 14.1. The van der Waals surface area contributed by atoms with Gasteiger partial charge in [-0.1, -0.05) is 152 Å². The van der Waals surface area contributed by atoms with Gasteiger partial charge in [-0.15, -0.1) is 0 Å². The molecule has 0 aliphatic heterocycles. The first-order valence-corrected chi connectivity index (χ1v) is 18.8. The molecule has 0 amide bonds. The Bertz CT molecular complexity index is 3200. The van der Waals surface area contributed by atoms with Gasteiger partial charge in [0, 0.05) is 50.0 Å². The smallest absolute Gasteiger partial charge is 0.164 e. The van der Waals surface area contributed by atoms with Crippen molar-refractivity contribution in [1.82, 2.24) is 19.5 Å². The highest BCUT2D eigenvalue weighted by Crippen LogP contribution is 2.39. The first kappa shape index (κ1) is 31.9. The van der Waals surface area contributed by atoms with Crippen molar-refractivity contribution in [3.05, 3.63) is 194 Å². The van der Waals surface area contributed by atoms with Gasteiger partial charge in [0.2, 0.25) is 0 Å². The summed E-state index contributed by atoms with van der Waals surface area (Å²) in [6.45, 7) is 0. The van der Waals surface area contributed by atoms with Crippen LogP contribution in [0.15, 0.2) is 199 Å². The summed E-state index contributed by atoms with van der Waals surface area (Å²) in [7, 11) is 0. The number of fused-ring (bicyclic) bond motifs is 6. The fraction of sp³-hybridized carbons (Fsp3) is 0. The summed E-state index contributed by atoms with van der Waals surface area (Å²) in [5, 5.41) is 4.50. The molecule has 0 saturated heterocycles. The van der Waals surface area contributed by atoms with Crippen LogP contribution >= 0.6 is 0 Å². The molecule has 0 bridgehead atoms. The van der Waals surface area contributed by atoms with Gasteiger partial charge < -0.3 is 8.98 Å². The van der Waals surface area contributed by atoms with Crippen LogP contribution in [0, 0.1) is 0 Å². The van der Waals surface area contributed by atoms with Gasteiger partial charge in [-0.2, -0.15) is 0 Å². The molecule has 0 aliphatic carbocycles. The molecule has 11 rings (SSSR count). The summed E-state index contributed by atoms with van der Waals surface area (Å²) >= 11 is 0. The number of aromatic nitrogens is 4. The number of benzene rings is 8. The molecule has 262 valence electrons. The van der Waals surface area contributed by atoms with Crippen molar-refractivity contribution in [2.45, 2.75) is 0 Å². The van der Waals surface area contributed by atoms with E-state index in [1.54, 1.807) is 0 Å². The average molecular weight is 717 g/mol. The number of furan rings is 1. The Balaban J connectivity index is 1.03. The van der Waals surface area contributed by atoms with E-state index in [9.17, 15) is 0 Å². The summed E-state index contributed by atoms with van der Waals surface area (Å²) in [6.07, 6.45) is 0. The van der Waals surface area contributed by atoms with E-state index < -0.39 is 0 Å². The second kappa shape index (κ2) is 13.0. The monoisotopic (exact) mass is 716 g/mol. The van der Waals surface area contributed by atoms with Gasteiger partial charge in [0.25, 0.3) is 0 Å². The largest absolute Gasteiger partial charge is 0.456 e. The van der Waals surface area contributed by atoms with E-state index in [0.29, 0.717) is 17.5 Å². The van der Waals surface area contributed by atoms with Gasteiger partial charge >= 0.3 is 0 Å². The summed E-state index contributed by atoms with van der Waals surface area (Å²) in [5.74, 6) is 1.82. The van der Waals surface area contributed by atoms with Crippen LogP contribution in [-0.2, 0) is 0 Å². The fourth-order valence-electron chi connectivity index (χ4n) is 7.88. The molecule has 3 aromatic heterocycles. The Morgan fingerprint density at radius 2 is 0.768 bits per heavy atom. The molecule has 0 saturated carbocycles. The lowest BCUT2D eigenvalue weighted by Gasteiger charge is -2.09. The zero-order valence-corrected chi connectivity index (χ0v) is 30.2. The Hall–Kier alpha value is -7.63. The van der Waals surface area contributed by atoms with Crippen molar-refractivity contribution >= 4 is 43.7 Å². The second-order valence-corrected chi connectivity index (χ2v) is 14.1. The molecule has 8 aromatic carbocycles. The first-order valence-electron chi connectivity index (χ1n) is 18.8. The maximum absolute atomic E-state index is 6.69. The van der Waals surface area contributed by atoms with Gasteiger partial charge in [0.15, 0.2) is 17.5 Å². The summed E-state index contributed by atoms with van der Waals surface area (Å²) in [4.78, 5) is 15.0. The number of para-hydroxylation sites is 1. The highest BCUT2D eigenvalue weighted by Gasteiger charge is 2.18. The van der Waals surface area contributed by atoms with E-state index in [1.807, 2.05) is 42.5 Å². The van der Waals surface area contributed by atoms with Crippen LogP contribution in [0.3, 0.4) is 0 Å². The maximum atomic E-state index is 6.69. The molecule has 0 unspecified atom stereocenters. The van der Waals surface area contributed by atoms with E-state index >= 15 is 0 Å². The Morgan fingerprint density at radius 1 is 0.304 bits per heavy atom. The van der Waals surface area contributed by atoms with Crippen LogP contribution in [0.25, 0.3) is 106 Å². The average Bonchev–Trinajstić information content (AvgIpc) is 3.80. The van der Waals surface area contributed by atoms with Crippen molar-refractivity contribution in [2.75, 3.05) is 0 Å². The van der Waals surface area contributed by atoms with E-state index in [4.69, 9.17) is 19.4 Å². The van der Waals surface area contributed by atoms with Crippen molar-refractivity contribution < 1.29 is 4.42 Å². The van der Waals surface area contributed by atoms with E-state index in [0.717, 1.165) is 60.9 Å². The summed E-state index contributed by atoms with van der Waals surface area (Å²) < 4.78 is 9.02. The molecule has 0 radical (unpaired) electrons. The molecule has 0 fully saturated rings. The third kappa shape index (κ3) is 5.45. The zero-order chi connectivity index (χ0) is 37.0. The van der Waals surface area contributed by atoms with Crippen molar-refractivity contribution in [3.8, 4) is 62.1 Å². The Labute approximate surface area is 322 Å².